The van der Waals surface area contributed by atoms with Crippen molar-refractivity contribution in [1.29, 1.82) is 0 Å². The minimum atomic E-state index is -3.51. The van der Waals surface area contributed by atoms with Crippen molar-refractivity contribution in [3.05, 3.63) is 23.0 Å². The fourth-order valence-electron chi connectivity index (χ4n) is 2.08. The van der Waals surface area contributed by atoms with Gasteiger partial charge in [-0.25, -0.2) is 13.4 Å². The quantitative estimate of drug-likeness (QED) is 0.617. The van der Waals surface area contributed by atoms with E-state index in [1.807, 2.05) is 0 Å². The average molecular weight is 314 g/mol. The Labute approximate surface area is 124 Å². The van der Waals surface area contributed by atoms with E-state index in [-0.39, 0.29) is 4.90 Å². The maximum Gasteiger partial charge on any atom is 0.244 e. The van der Waals surface area contributed by atoms with Gasteiger partial charge in [-0.3, -0.25) is 4.90 Å². The molecule has 1 aromatic rings. The second-order valence-corrected chi connectivity index (χ2v) is 6.96. The van der Waals surface area contributed by atoms with Gasteiger partial charge >= 0.3 is 0 Å². The van der Waals surface area contributed by atoms with Gasteiger partial charge in [0, 0.05) is 32.4 Å². The van der Waals surface area contributed by atoms with Crippen molar-refractivity contribution >= 4 is 21.6 Å². The zero-order valence-electron chi connectivity index (χ0n) is 11.2. The number of hydrogen-bond donors (Lipinski definition) is 0. The molecule has 20 heavy (non-hydrogen) atoms. The minimum absolute atomic E-state index is 0.185. The lowest BCUT2D eigenvalue weighted by Gasteiger charge is -2.32. The fourth-order valence-corrected chi connectivity index (χ4v) is 3.64. The van der Waals surface area contributed by atoms with Gasteiger partial charge in [0.2, 0.25) is 10.0 Å². The lowest BCUT2D eigenvalue weighted by Crippen LogP contribution is -2.48. The molecule has 0 N–H and O–H groups in total. The summed E-state index contributed by atoms with van der Waals surface area (Å²) in [5.41, 5.74) is 0.652. The SMILES string of the molecule is C#CCN1CCN(S(=O)(=O)c2cnc(Cl)c(C)c2)CC1. The maximum atomic E-state index is 12.5. The van der Waals surface area contributed by atoms with E-state index in [2.05, 4.69) is 15.8 Å². The molecule has 2 rings (SSSR count). The van der Waals surface area contributed by atoms with Gasteiger partial charge in [0.15, 0.2) is 0 Å². The van der Waals surface area contributed by atoms with E-state index >= 15 is 0 Å². The molecule has 0 amide bonds. The molecule has 0 unspecified atom stereocenters. The molecule has 0 radical (unpaired) electrons. The van der Waals surface area contributed by atoms with Crippen molar-refractivity contribution in [1.82, 2.24) is 14.2 Å². The van der Waals surface area contributed by atoms with Crippen molar-refractivity contribution in [2.75, 3.05) is 32.7 Å². The summed E-state index contributed by atoms with van der Waals surface area (Å²) in [6, 6.07) is 1.55. The van der Waals surface area contributed by atoms with E-state index in [0.717, 1.165) is 0 Å². The normalized spacial score (nSPS) is 17.9. The van der Waals surface area contributed by atoms with Gasteiger partial charge in [-0.1, -0.05) is 17.5 Å². The van der Waals surface area contributed by atoms with Crippen LogP contribution in [0, 0.1) is 19.3 Å². The first kappa shape index (κ1) is 15.3. The number of pyridine rings is 1. The molecule has 2 heterocycles. The summed E-state index contributed by atoms with van der Waals surface area (Å²) in [6.45, 7) is 4.44. The number of terminal acetylenes is 1. The Hall–Kier alpha value is -1.13. The van der Waals surface area contributed by atoms with Crippen LogP contribution in [0.3, 0.4) is 0 Å². The van der Waals surface area contributed by atoms with Gasteiger partial charge in [-0.2, -0.15) is 4.31 Å². The molecule has 0 aromatic carbocycles. The topological polar surface area (TPSA) is 53.5 Å². The van der Waals surface area contributed by atoms with Gasteiger partial charge in [0.1, 0.15) is 10.0 Å². The zero-order chi connectivity index (χ0) is 14.8. The predicted molar refractivity (Wildman–Crippen MR) is 78.0 cm³/mol. The first-order valence-corrected chi connectivity index (χ1v) is 8.05. The number of piperazine rings is 1. The molecule has 0 saturated carbocycles. The molecule has 0 atom stereocenters. The Bertz CT molecular complexity index is 632. The Morgan fingerprint density at radius 3 is 2.60 bits per heavy atom. The van der Waals surface area contributed by atoms with Crippen molar-refractivity contribution in [2.24, 2.45) is 0 Å². The van der Waals surface area contributed by atoms with Crippen molar-refractivity contribution in [3.63, 3.8) is 0 Å². The average Bonchev–Trinajstić information content (AvgIpc) is 2.43. The Kier molecular flexibility index (Phi) is 4.66. The van der Waals surface area contributed by atoms with Crippen LogP contribution in [0.5, 0.6) is 0 Å². The van der Waals surface area contributed by atoms with E-state index < -0.39 is 10.0 Å². The standard InChI is InChI=1S/C13H16ClN3O2S/c1-3-4-16-5-7-17(8-6-16)20(18,19)12-9-11(2)13(14)15-10-12/h1,9-10H,4-8H2,2H3. The van der Waals surface area contributed by atoms with Crippen LogP contribution in [-0.4, -0.2) is 55.3 Å². The number of sulfonamides is 1. The summed E-state index contributed by atoms with van der Waals surface area (Å²) in [6.07, 6.45) is 6.56. The molecular weight excluding hydrogens is 298 g/mol. The summed E-state index contributed by atoms with van der Waals surface area (Å²) in [5, 5.41) is 0.322. The van der Waals surface area contributed by atoms with E-state index in [1.54, 1.807) is 13.0 Å². The third kappa shape index (κ3) is 3.13. The largest absolute Gasteiger partial charge is 0.290 e. The van der Waals surface area contributed by atoms with Gasteiger partial charge in [-0.05, 0) is 18.6 Å². The van der Waals surface area contributed by atoms with Crippen molar-refractivity contribution in [2.45, 2.75) is 11.8 Å². The van der Waals surface area contributed by atoms with E-state index in [1.165, 1.54) is 10.5 Å². The molecule has 0 aliphatic carbocycles. The summed E-state index contributed by atoms with van der Waals surface area (Å²) in [5.74, 6) is 2.57. The van der Waals surface area contributed by atoms with Gasteiger partial charge in [0.05, 0.1) is 6.54 Å². The van der Waals surface area contributed by atoms with Crippen molar-refractivity contribution < 1.29 is 8.42 Å². The second kappa shape index (κ2) is 6.10. The first-order chi connectivity index (χ1) is 9.45. The predicted octanol–water partition coefficient (Wildman–Crippen LogP) is 0.983. The highest BCUT2D eigenvalue weighted by molar-refractivity contribution is 7.89. The number of aromatic nitrogens is 1. The number of nitrogens with zero attached hydrogens (tertiary/aromatic N) is 3. The van der Waals surface area contributed by atoms with Crippen LogP contribution in [-0.2, 0) is 10.0 Å². The zero-order valence-corrected chi connectivity index (χ0v) is 12.8. The molecule has 1 saturated heterocycles. The Balaban J connectivity index is 2.16. The third-order valence-corrected chi connectivity index (χ3v) is 5.53. The van der Waals surface area contributed by atoms with E-state index in [4.69, 9.17) is 18.0 Å². The molecule has 7 heteroatoms. The van der Waals surface area contributed by atoms with Crippen LogP contribution in [0.25, 0.3) is 0 Å². The molecule has 1 aliphatic rings. The molecule has 5 nitrogen and oxygen atoms in total. The fraction of sp³-hybridized carbons (Fsp3) is 0.462. The van der Waals surface area contributed by atoms with Gasteiger partial charge in [0.25, 0.3) is 0 Å². The van der Waals surface area contributed by atoms with E-state index in [9.17, 15) is 8.42 Å². The summed E-state index contributed by atoms with van der Waals surface area (Å²) >= 11 is 5.83. The maximum absolute atomic E-state index is 12.5. The summed E-state index contributed by atoms with van der Waals surface area (Å²) < 4.78 is 26.5. The number of hydrogen-bond acceptors (Lipinski definition) is 4. The van der Waals surface area contributed by atoms with Crippen molar-refractivity contribution in [3.8, 4) is 12.3 Å². The van der Waals surface area contributed by atoms with Crippen LogP contribution in [0.15, 0.2) is 17.2 Å². The van der Waals surface area contributed by atoms with Gasteiger partial charge in [-0.15, -0.1) is 6.42 Å². The lowest BCUT2D eigenvalue weighted by atomic mass is 10.3. The lowest BCUT2D eigenvalue weighted by molar-refractivity contribution is 0.207. The molecule has 1 aliphatic heterocycles. The Morgan fingerprint density at radius 2 is 2.05 bits per heavy atom. The van der Waals surface area contributed by atoms with Crippen LogP contribution < -0.4 is 0 Å². The highest BCUT2D eigenvalue weighted by Gasteiger charge is 2.28. The Morgan fingerprint density at radius 1 is 1.40 bits per heavy atom. The highest BCUT2D eigenvalue weighted by atomic mass is 35.5. The third-order valence-electron chi connectivity index (χ3n) is 3.27. The molecule has 108 valence electrons. The number of aryl methyl sites for hydroxylation is 1. The smallest absolute Gasteiger partial charge is 0.244 e. The monoisotopic (exact) mass is 313 g/mol. The van der Waals surface area contributed by atoms with Crippen LogP contribution in [0.2, 0.25) is 5.15 Å². The van der Waals surface area contributed by atoms with E-state index in [0.29, 0.717) is 43.4 Å². The molecule has 1 aromatic heterocycles. The summed E-state index contributed by atoms with van der Waals surface area (Å²) in [4.78, 5) is 6.14. The van der Waals surface area contributed by atoms with Crippen LogP contribution in [0.1, 0.15) is 5.56 Å². The van der Waals surface area contributed by atoms with Gasteiger partial charge < -0.3 is 0 Å². The van der Waals surface area contributed by atoms with Crippen LogP contribution >= 0.6 is 11.6 Å². The molecule has 0 spiro atoms. The minimum Gasteiger partial charge on any atom is -0.290 e. The number of halogens is 1. The molecular formula is C13H16ClN3O2S. The number of rotatable bonds is 3. The second-order valence-electron chi connectivity index (χ2n) is 4.66. The summed E-state index contributed by atoms with van der Waals surface area (Å²) in [7, 11) is -3.51. The van der Waals surface area contributed by atoms with Crippen LogP contribution in [0.4, 0.5) is 0 Å². The molecule has 1 fully saturated rings. The highest BCUT2D eigenvalue weighted by Crippen LogP contribution is 2.20. The first-order valence-electron chi connectivity index (χ1n) is 6.23. The molecule has 0 bridgehead atoms.